The molecule has 0 amide bonds. The average Bonchev–Trinajstić information content (AvgIpc) is 2.94. The predicted molar refractivity (Wildman–Crippen MR) is 76.1 cm³/mol. The Morgan fingerprint density at radius 2 is 2.42 bits per heavy atom. The van der Waals surface area contributed by atoms with E-state index in [1.54, 1.807) is 17.4 Å². The second-order valence-electron chi connectivity index (χ2n) is 4.96. The van der Waals surface area contributed by atoms with Crippen LogP contribution in [0.25, 0.3) is 6.08 Å². The molecule has 2 N–H and O–H groups in total. The van der Waals surface area contributed by atoms with Crippen molar-refractivity contribution in [3.05, 3.63) is 28.0 Å². The monoisotopic (exact) mass is 281 g/mol. The highest BCUT2D eigenvalue weighted by molar-refractivity contribution is 7.10. The van der Waals surface area contributed by atoms with Crippen LogP contribution >= 0.6 is 11.3 Å². The summed E-state index contributed by atoms with van der Waals surface area (Å²) in [4.78, 5) is 14.0. The fourth-order valence-corrected chi connectivity index (χ4v) is 3.44. The summed E-state index contributed by atoms with van der Waals surface area (Å²) in [5, 5.41) is 20.1. The molecule has 1 aromatic rings. The Kier molecular flexibility index (Phi) is 4.74. The largest absolute Gasteiger partial charge is 0.478 e. The molecule has 1 fully saturated rings. The number of carbonyl (C=O) groups is 1. The summed E-state index contributed by atoms with van der Waals surface area (Å²) in [6, 6.07) is 2.16. The summed E-state index contributed by atoms with van der Waals surface area (Å²) in [5.74, 6) is -0.414. The van der Waals surface area contributed by atoms with Gasteiger partial charge in [0.05, 0.1) is 6.61 Å². The Bertz CT molecular complexity index is 469. The first-order chi connectivity index (χ1) is 9.11. The molecular formula is C14H19NO3S. The van der Waals surface area contributed by atoms with Gasteiger partial charge < -0.3 is 10.2 Å². The maximum atomic E-state index is 10.6. The van der Waals surface area contributed by atoms with Crippen molar-refractivity contribution >= 4 is 23.4 Å². The summed E-state index contributed by atoms with van der Waals surface area (Å²) in [6.07, 6.45) is 3.92. The Morgan fingerprint density at radius 1 is 1.63 bits per heavy atom. The van der Waals surface area contributed by atoms with Crippen molar-refractivity contribution in [2.45, 2.75) is 25.9 Å². The predicted octanol–water partition coefficient (Wildman–Crippen LogP) is 2.05. The van der Waals surface area contributed by atoms with Crippen LogP contribution in [0.4, 0.5) is 0 Å². The van der Waals surface area contributed by atoms with E-state index >= 15 is 0 Å². The zero-order valence-electron chi connectivity index (χ0n) is 11.0. The molecule has 1 aliphatic heterocycles. The number of aliphatic carboxylic acids is 1. The van der Waals surface area contributed by atoms with Crippen LogP contribution in [0.3, 0.4) is 0 Å². The van der Waals surface area contributed by atoms with Crippen molar-refractivity contribution in [3.8, 4) is 0 Å². The lowest BCUT2D eigenvalue weighted by Crippen LogP contribution is -2.34. The molecule has 0 spiro atoms. The lowest BCUT2D eigenvalue weighted by molar-refractivity contribution is -0.131. The van der Waals surface area contributed by atoms with Crippen molar-refractivity contribution in [1.82, 2.24) is 4.90 Å². The fraction of sp³-hybridized carbons (Fsp3) is 0.500. The third-order valence-electron chi connectivity index (χ3n) is 3.72. The van der Waals surface area contributed by atoms with Crippen LogP contribution in [0, 0.1) is 5.92 Å². The third-order valence-corrected chi connectivity index (χ3v) is 4.64. The highest BCUT2D eigenvalue weighted by Crippen LogP contribution is 2.28. The smallest absolute Gasteiger partial charge is 0.328 e. The molecule has 104 valence electrons. The van der Waals surface area contributed by atoms with E-state index in [-0.39, 0.29) is 12.6 Å². The van der Waals surface area contributed by atoms with Gasteiger partial charge in [-0.3, -0.25) is 4.90 Å². The fourth-order valence-electron chi connectivity index (χ4n) is 2.55. The van der Waals surface area contributed by atoms with Crippen LogP contribution in [0.2, 0.25) is 0 Å². The van der Waals surface area contributed by atoms with Gasteiger partial charge in [0.15, 0.2) is 0 Å². The number of likely N-dealkylation sites (tertiary alicyclic amines) is 1. The number of carboxylic acid groups (broad SMARTS) is 1. The number of thiophene rings is 1. The number of nitrogens with zero attached hydrogens (tertiary/aromatic N) is 1. The number of rotatable bonds is 5. The maximum Gasteiger partial charge on any atom is 0.328 e. The van der Waals surface area contributed by atoms with Gasteiger partial charge in [0.2, 0.25) is 0 Å². The van der Waals surface area contributed by atoms with Gasteiger partial charge in [-0.1, -0.05) is 6.92 Å². The van der Waals surface area contributed by atoms with Gasteiger partial charge in [-0.05, 0) is 42.0 Å². The Morgan fingerprint density at radius 3 is 3.11 bits per heavy atom. The summed E-state index contributed by atoms with van der Waals surface area (Å²) in [6.45, 7) is 4.13. The minimum Gasteiger partial charge on any atom is -0.478 e. The van der Waals surface area contributed by atoms with E-state index in [9.17, 15) is 9.90 Å². The summed E-state index contributed by atoms with van der Waals surface area (Å²) >= 11 is 1.63. The summed E-state index contributed by atoms with van der Waals surface area (Å²) in [7, 11) is 0. The molecule has 1 aromatic heterocycles. The Labute approximate surface area is 117 Å². The lowest BCUT2D eigenvalue weighted by Gasteiger charge is -2.24. The standard InChI is InChI=1S/C14H19NO3S/c1-10-4-6-15(12(10)9-16)8-13-11(5-7-19-13)2-3-14(17)18/h2-3,5,7,10,12,16H,4,6,8-9H2,1H3,(H,17,18)/b3-2+. The van der Waals surface area contributed by atoms with Gasteiger partial charge in [-0.15, -0.1) is 11.3 Å². The number of hydrogen-bond donors (Lipinski definition) is 2. The first-order valence-corrected chi connectivity index (χ1v) is 7.32. The second kappa shape index (κ2) is 6.32. The minimum atomic E-state index is -0.930. The molecule has 4 nitrogen and oxygen atoms in total. The average molecular weight is 281 g/mol. The van der Waals surface area contributed by atoms with Crippen molar-refractivity contribution < 1.29 is 15.0 Å². The van der Waals surface area contributed by atoms with Crippen LogP contribution in [0.15, 0.2) is 17.5 Å². The van der Waals surface area contributed by atoms with Crippen LogP contribution in [0.1, 0.15) is 23.8 Å². The van der Waals surface area contributed by atoms with Gasteiger partial charge in [0.25, 0.3) is 0 Å². The quantitative estimate of drug-likeness (QED) is 0.811. The molecule has 2 heterocycles. The van der Waals surface area contributed by atoms with Crippen LogP contribution in [0.5, 0.6) is 0 Å². The van der Waals surface area contributed by atoms with Crippen molar-refractivity contribution in [2.75, 3.05) is 13.2 Å². The number of carboxylic acids is 1. The molecular weight excluding hydrogens is 262 g/mol. The first-order valence-electron chi connectivity index (χ1n) is 6.44. The molecule has 1 saturated heterocycles. The number of aliphatic hydroxyl groups is 1. The van der Waals surface area contributed by atoms with Gasteiger partial charge in [-0.2, -0.15) is 0 Å². The molecule has 19 heavy (non-hydrogen) atoms. The second-order valence-corrected chi connectivity index (χ2v) is 5.96. The molecule has 0 saturated carbocycles. The maximum absolute atomic E-state index is 10.6. The summed E-state index contributed by atoms with van der Waals surface area (Å²) < 4.78 is 0. The van der Waals surface area contributed by atoms with E-state index in [0.717, 1.165) is 30.0 Å². The van der Waals surface area contributed by atoms with E-state index in [4.69, 9.17) is 5.11 Å². The van der Waals surface area contributed by atoms with Gasteiger partial charge in [0.1, 0.15) is 0 Å². The molecule has 1 aliphatic rings. The molecule has 2 atom stereocenters. The van der Waals surface area contributed by atoms with Crippen LogP contribution in [-0.4, -0.2) is 40.3 Å². The Balaban J connectivity index is 2.07. The molecule has 0 aromatic carbocycles. The zero-order chi connectivity index (χ0) is 13.8. The molecule has 2 unspecified atom stereocenters. The number of hydrogen-bond acceptors (Lipinski definition) is 4. The van der Waals surface area contributed by atoms with E-state index < -0.39 is 5.97 Å². The minimum absolute atomic E-state index is 0.187. The highest BCUT2D eigenvalue weighted by atomic mass is 32.1. The normalized spacial score (nSPS) is 24.3. The van der Waals surface area contributed by atoms with Crippen molar-refractivity contribution in [3.63, 3.8) is 0 Å². The first kappa shape index (κ1) is 14.2. The highest BCUT2D eigenvalue weighted by Gasteiger charge is 2.30. The van der Waals surface area contributed by atoms with Crippen LogP contribution in [-0.2, 0) is 11.3 Å². The van der Waals surface area contributed by atoms with Gasteiger partial charge in [-0.25, -0.2) is 4.79 Å². The van der Waals surface area contributed by atoms with Crippen molar-refractivity contribution in [2.24, 2.45) is 5.92 Å². The molecule has 0 bridgehead atoms. The third kappa shape index (κ3) is 3.43. The Hall–Kier alpha value is -1.17. The van der Waals surface area contributed by atoms with E-state index in [1.165, 1.54) is 6.08 Å². The van der Waals surface area contributed by atoms with E-state index in [1.807, 2.05) is 11.4 Å². The topological polar surface area (TPSA) is 60.8 Å². The lowest BCUT2D eigenvalue weighted by atomic mass is 10.0. The van der Waals surface area contributed by atoms with Crippen molar-refractivity contribution in [1.29, 1.82) is 0 Å². The molecule has 0 aliphatic carbocycles. The van der Waals surface area contributed by atoms with E-state index in [2.05, 4.69) is 11.8 Å². The molecule has 0 radical (unpaired) electrons. The SMILES string of the molecule is CC1CCN(Cc2sccc2/C=C/C(=O)O)C1CO. The van der Waals surface area contributed by atoms with E-state index in [0.29, 0.717) is 5.92 Å². The van der Waals surface area contributed by atoms with Gasteiger partial charge >= 0.3 is 5.97 Å². The summed E-state index contributed by atoms with van der Waals surface area (Å²) in [5.41, 5.74) is 0.962. The molecule has 2 rings (SSSR count). The zero-order valence-corrected chi connectivity index (χ0v) is 11.8. The van der Waals surface area contributed by atoms with Gasteiger partial charge in [0, 0.05) is 23.5 Å². The molecule has 5 heteroatoms. The van der Waals surface area contributed by atoms with Crippen LogP contribution < -0.4 is 0 Å². The number of aliphatic hydroxyl groups excluding tert-OH is 1.